The Balaban J connectivity index is 3.68. The van der Waals surface area contributed by atoms with E-state index in [4.69, 9.17) is 11.6 Å². The molecule has 0 aliphatic carbocycles. The van der Waals surface area contributed by atoms with Crippen molar-refractivity contribution in [2.75, 3.05) is 5.32 Å². The number of benzene rings is 1. The highest BCUT2D eigenvalue weighted by molar-refractivity contribution is 6.34. The van der Waals surface area contributed by atoms with Crippen LogP contribution in [0.1, 0.15) is 12.5 Å². The summed E-state index contributed by atoms with van der Waals surface area (Å²) in [6.07, 6.45) is 0. The van der Waals surface area contributed by atoms with Crippen LogP contribution in [0.4, 0.5) is 17.1 Å². The van der Waals surface area contributed by atoms with Crippen LogP contribution in [0.15, 0.2) is 6.07 Å². The van der Waals surface area contributed by atoms with Gasteiger partial charge in [-0.15, -0.1) is 0 Å². The van der Waals surface area contributed by atoms with Gasteiger partial charge in [-0.05, 0) is 12.5 Å². The van der Waals surface area contributed by atoms with E-state index in [1.807, 2.05) is 0 Å². The Morgan fingerprint density at radius 2 is 1.89 bits per heavy atom. The fraction of sp³-hybridized carbons (Fsp3) is 0.222. The number of nitro benzene ring substituents is 2. The minimum atomic E-state index is -0.867. The fourth-order valence-corrected chi connectivity index (χ4v) is 1.59. The van der Waals surface area contributed by atoms with E-state index in [9.17, 15) is 25.0 Å². The van der Waals surface area contributed by atoms with Crippen molar-refractivity contribution in [3.05, 3.63) is 36.9 Å². The molecule has 0 atom stereocenters. The summed E-state index contributed by atoms with van der Waals surface area (Å²) < 4.78 is 0. The highest BCUT2D eigenvalue weighted by Gasteiger charge is 2.31. The Morgan fingerprint density at radius 1 is 1.33 bits per heavy atom. The summed E-state index contributed by atoms with van der Waals surface area (Å²) in [6, 6.07) is 1.07. The van der Waals surface area contributed by atoms with Crippen LogP contribution in [0.5, 0.6) is 0 Å². The molecule has 0 bridgehead atoms. The largest absolute Gasteiger partial charge is 0.318 e. The molecule has 0 spiro atoms. The third kappa shape index (κ3) is 2.54. The highest BCUT2D eigenvalue weighted by Crippen LogP contribution is 2.41. The standard InChI is InChI=1S/C9H8ClN3O5/c1-4-3-6(12(15)16)8(11-5(2)14)9(7(4)10)13(17)18/h3H,1-2H3,(H,11,14). The molecule has 0 saturated carbocycles. The molecular weight excluding hydrogens is 266 g/mol. The van der Waals surface area contributed by atoms with Gasteiger partial charge in [0.05, 0.1) is 9.85 Å². The lowest BCUT2D eigenvalue weighted by Crippen LogP contribution is -2.11. The Morgan fingerprint density at radius 3 is 2.28 bits per heavy atom. The SMILES string of the molecule is CC(=O)Nc1c([N+](=O)[O-])cc(C)c(Cl)c1[N+](=O)[O-]. The first-order valence-electron chi connectivity index (χ1n) is 4.65. The van der Waals surface area contributed by atoms with Crippen LogP contribution >= 0.6 is 11.6 Å². The summed E-state index contributed by atoms with van der Waals surface area (Å²) in [5, 5.41) is 23.6. The van der Waals surface area contributed by atoms with E-state index in [1.54, 1.807) is 0 Å². The Kier molecular flexibility index (Phi) is 3.82. The zero-order valence-corrected chi connectivity index (χ0v) is 10.1. The average Bonchev–Trinajstić information content (AvgIpc) is 2.21. The number of amides is 1. The molecule has 0 unspecified atom stereocenters. The Labute approximate surface area is 106 Å². The smallest absolute Gasteiger partial charge is 0.315 e. The number of nitrogens with zero attached hydrogens (tertiary/aromatic N) is 2. The van der Waals surface area contributed by atoms with Crippen molar-refractivity contribution < 1.29 is 14.6 Å². The molecule has 0 heterocycles. The molecule has 1 rings (SSSR count). The molecule has 0 aliphatic heterocycles. The normalized spacial score (nSPS) is 9.94. The van der Waals surface area contributed by atoms with Gasteiger partial charge in [-0.3, -0.25) is 25.0 Å². The average molecular weight is 274 g/mol. The van der Waals surface area contributed by atoms with Crippen LogP contribution in [0.3, 0.4) is 0 Å². The minimum absolute atomic E-state index is 0.184. The molecule has 0 aliphatic rings. The van der Waals surface area contributed by atoms with Gasteiger partial charge in [0, 0.05) is 13.0 Å². The number of halogens is 1. The molecule has 0 radical (unpaired) electrons. The lowest BCUT2D eigenvalue weighted by atomic mass is 10.1. The van der Waals surface area contributed by atoms with Crippen molar-refractivity contribution in [1.82, 2.24) is 0 Å². The van der Waals surface area contributed by atoms with E-state index in [0.29, 0.717) is 0 Å². The van der Waals surface area contributed by atoms with E-state index < -0.39 is 32.8 Å². The molecule has 0 fully saturated rings. The zero-order valence-electron chi connectivity index (χ0n) is 9.39. The third-order valence-electron chi connectivity index (χ3n) is 2.08. The van der Waals surface area contributed by atoms with Gasteiger partial charge in [0.2, 0.25) is 5.91 Å². The molecular formula is C9H8ClN3O5. The van der Waals surface area contributed by atoms with Gasteiger partial charge in [-0.25, -0.2) is 0 Å². The van der Waals surface area contributed by atoms with E-state index in [1.165, 1.54) is 6.92 Å². The number of nitro groups is 2. The number of hydrogen-bond donors (Lipinski definition) is 1. The molecule has 1 N–H and O–H groups in total. The van der Waals surface area contributed by atoms with Crippen LogP contribution in [0, 0.1) is 27.2 Å². The number of anilines is 1. The summed E-state index contributed by atoms with van der Waals surface area (Å²) in [4.78, 5) is 31.0. The number of nitrogens with one attached hydrogen (secondary N) is 1. The van der Waals surface area contributed by atoms with Crippen LogP contribution in [-0.2, 0) is 4.79 Å². The minimum Gasteiger partial charge on any atom is -0.315 e. The van der Waals surface area contributed by atoms with Gasteiger partial charge in [-0.2, -0.15) is 0 Å². The predicted octanol–water partition coefficient (Wildman–Crippen LogP) is 2.42. The van der Waals surface area contributed by atoms with E-state index >= 15 is 0 Å². The Bertz CT molecular complexity index is 558. The van der Waals surface area contributed by atoms with Crippen molar-refractivity contribution in [3.63, 3.8) is 0 Å². The van der Waals surface area contributed by atoms with Gasteiger partial charge >= 0.3 is 5.69 Å². The zero-order chi connectivity index (χ0) is 14.0. The summed E-state index contributed by atoms with van der Waals surface area (Å²) in [6.45, 7) is 2.49. The fourth-order valence-electron chi connectivity index (χ4n) is 1.37. The van der Waals surface area contributed by atoms with Gasteiger partial charge in [0.1, 0.15) is 5.02 Å². The maximum Gasteiger partial charge on any atom is 0.318 e. The third-order valence-corrected chi connectivity index (χ3v) is 2.56. The van der Waals surface area contributed by atoms with Crippen LogP contribution in [0.2, 0.25) is 5.02 Å². The second kappa shape index (κ2) is 4.96. The number of carbonyl (C=O) groups excluding carboxylic acids is 1. The number of aryl methyl sites for hydroxylation is 1. The maximum atomic E-state index is 11.0. The molecule has 1 aromatic rings. The predicted molar refractivity (Wildman–Crippen MR) is 63.8 cm³/mol. The first-order chi connectivity index (χ1) is 8.25. The molecule has 96 valence electrons. The van der Waals surface area contributed by atoms with E-state index in [-0.39, 0.29) is 10.6 Å². The summed E-state index contributed by atoms with van der Waals surface area (Å²) in [5.74, 6) is -0.666. The monoisotopic (exact) mass is 273 g/mol. The molecule has 1 aromatic carbocycles. The van der Waals surface area contributed by atoms with Crippen molar-refractivity contribution in [1.29, 1.82) is 0 Å². The summed E-state index contributed by atoms with van der Waals surface area (Å²) in [7, 11) is 0. The van der Waals surface area contributed by atoms with E-state index in [2.05, 4.69) is 5.32 Å². The number of rotatable bonds is 3. The second-order valence-corrected chi connectivity index (χ2v) is 3.82. The van der Waals surface area contributed by atoms with Crippen molar-refractivity contribution in [3.8, 4) is 0 Å². The lowest BCUT2D eigenvalue weighted by molar-refractivity contribution is -0.392. The Hall–Kier alpha value is -2.22. The maximum absolute atomic E-state index is 11.0. The first-order valence-corrected chi connectivity index (χ1v) is 5.03. The molecule has 0 saturated heterocycles. The van der Waals surface area contributed by atoms with Gasteiger partial charge < -0.3 is 5.32 Å². The van der Waals surface area contributed by atoms with Crippen molar-refractivity contribution >= 4 is 34.6 Å². The molecule has 18 heavy (non-hydrogen) atoms. The molecule has 8 nitrogen and oxygen atoms in total. The van der Waals surface area contributed by atoms with Gasteiger partial charge in [0.25, 0.3) is 5.69 Å². The van der Waals surface area contributed by atoms with Gasteiger partial charge in [0.15, 0.2) is 5.69 Å². The second-order valence-electron chi connectivity index (χ2n) is 3.45. The summed E-state index contributed by atoms with van der Waals surface area (Å²) in [5.41, 5.74) is -1.57. The molecule has 9 heteroatoms. The molecule has 0 aromatic heterocycles. The van der Waals surface area contributed by atoms with Crippen LogP contribution in [-0.4, -0.2) is 15.8 Å². The van der Waals surface area contributed by atoms with Crippen LogP contribution in [0.25, 0.3) is 0 Å². The quantitative estimate of drug-likeness (QED) is 0.670. The van der Waals surface area contributed by atoms with Crippen LogP contribution < -0.4 is 5.32 Å². The number of hydrogen-bond acceptors (Lipinski definition) is 5. The highest BCUT2D eigenvalue weighted by atomic mass is 35.5. The molecule has 1 amide bonds. The van der Waals surface area contributed by atoms with Gasteiger partial charge in [-0.1, -0.05) is 11.6 Å². The van der Waals surface area contributed by atoms with Crippen molar-refractivity contribution in [2.24, 2.45) is 0 Å². The topological polar surface area (TPSA) is 115 Å². The van der Waals surface area contributed by atoms with Crippen molar-refractivity contribution in [2.45, 2.75) is 13.8 Å². The first kappa shape index (κ1) is 13.8. The lowest BCUT2D eigenvalue weighted by Gasteiger charge is -2.07. The number of carbonyl (C=O) groups is 1. The summed E-state index contributed by atoms with van der Waals surface area (Å²) >= 11 is 5.74. The van der Waals surface area contributed by atoms with E-state index in [0.717, 1.165) is 13.0 Å².